The first-order valence-electron chi connectivity index (χ1n) is 8.08. The number of hydrogen-bond donors (Lipinski definition) is 1. The van der Waals surface area contributed by atoms with E-state index in [1.807, 2.05) is 72.8 Å². The Kier molecular flexibility index (Phi) is 3.82. The van der Waals surface area contributed by atoms with E-state index in [4.69, 9.17) is 4.74 Å². The number of aliphatic carboxylic acids is 1. The zero-order valence-corrected chi connectivity index (χ0v) is 13.5. The lowest BCUT2D eigenvalue weighted by Crippen LogP contribution is -1.96. The van der Waals surface area contributed by atoms with Gasteiger partial charge in [0.2, 0.25) is 0 Å². The van der Waals surface area contributed by atoms with Crippen LogP contribution in [0.4, 0.5) is 0 Å². The lowest BCUT2D eigenvalue weighted by Gasteiger charge is -2.09. The molecule has 0 spiro atoms. The second-order valence-corrected chi connectivity index (χ2v) is 5.92. The van der Waals surface area contributed by atoms with Gasteiger partial charge >= 0.3 is 5.97 Å². The Balaban J connectivity index is 1.70. The maximum atomic E-state index is 11.3. The van der Waals surface area contributed by atoms with Crippen molar-refractivity contribution in [2.75, 3.05) is 0 Å². The summed E-state index contributed by atoms with van der Waals surface area (Å²) in [5.74, 6) is -0.222. The summed E-state index contributed by atoms with van der Waals surface area (Å²) < 4.78 is 5.89. The standard InChI is InChI=1S/C22H16O3/c23-22(24)13-21-18-9-5-4-8-17(18)19-11-10-16(12-20(19)21)25-14-15-6-2-1-3-7-15/h1-13H,14H2,(H,23,24)/b21-13+. The SMILES string of the molecule is O=C(O)/C=C1\c2ccccc2-c2ccc(OCc3ccccc3)cc21. The van der Waals surface area contributed by atoms with Crippen molar-refractivity contribution < 1.29 is 14.6 Å². The highest BCUT2D eigenvalue weighted by molar-refractivity contribution is 6.06. The maximum absolute atomic E-state index is 11.3. The van der Waals surface area contributed by atoms with E-state index in [1.54, 1.807) is 0 Å². The number of rotatable bonds is 4. The third kappa shape index (κ3) is 2.92. The van der Waals surface area contributed by atoms with Crippen molar-refractivity contribution in [2.45, 2.75) is 6.61 Å². The number of ether oxygens (including phenoxy) is 1. The molecule has 25 heavy (non-hydrogen) atoms. The largest absolute Gasteiger partial charge is 0.489 e. The van der Waals surface area contributed by atoms with E-state index in [0.717, 1.165) is 39.1 Å². The molecule has 0 heterocycles. The number of carboxylic acids is 1. The summed E-state index contributed by atoms with van der Waals surface area (Å²) in [5.41, 5.74) is 5.75. The number of carboxylic acid groups (broad SMARTS) is 1. The van der Waals surface area contributed by atoms with Crippen molar-refractivity contribution in [3.05, 3.63) is 95.6 Å². The van der Waals surface area contributed by atoms with E-state index in [-0.39, 0.29) is 0 Å². The van der Waals surface area contributed by atoms with E-state index in [2.05, 4.69) is 0 Å². The van der Waals surface area contributed by atoms with Crippen molar-refractivity contribution >= 4 is 11.5 Å². The van der Waals surface area contributed by atoms with Gasteiger partial charge < -0.3 is 9.84 Å². The van der Waals surface area contributed by atoms with Gasteiger partial charge in [-0.25, -0.2) is 4.79 Å². The van der Waals surface area contributed by atoms with Crippen LogP contribution in [0.25, 0.3) is 16.7 Å². The Hall–Kier alpha value is -3.33. The molecule has 1 aliphatic carbocycles. The summed E-state index contributed by atoms with van der Waals surface area (Å²) in [6.07, 6.45) is 1.27. The van der Waals surface area contributed by atoms with Gasteiger partial charge in [-0.3, -0.25) is 0 Å². The van der Waals surface area contributed by atoms with Gasteiger partial charge in [-0.15, -0.1) is 0 Å². The van der Waals surface area contributed by atoms with Crippen LogP contribution in [0, 0.1) is 0 Å². The second-order valence-electron chi connectivity index (χ2n) is 5.92. The lowest BCUT2D eigenvalue weighted by molar-refractivity contribution is -0.131. The average Bonchev–Trinajstić information content (AvgIpc) is 2.94. The molecule has 122 valence electrons. The number of benzene rings is 3. The van der Waals surface area contributed by atoms with Crippen LogP contribution in [-0.4, -0.2) is 11.1 Å². The Bertz CT molecular complexity index is 972. The molecular weight excluding hydrogens is 312 g/mol. The summed E-state index contributed by atoms with van der Waals surface area (Å²) in [7, 11) is 0. The van der Waals surface area contributed by atoms with E-state index in [0.29, 0.717) is 6.61 Å². The summed E-state index contributed by atoms with van der Waals surface area (Å²) in [4.78, 5) is 11.3. The van der Waals surface area contributed by atoms with Crippen LogP contribution in [0.3, 0.4) is 0 Å². The van der Waals surface area contributed by atoms with Gasteiger partial charge in [0.15, 0.2) is 0 Å². The molecule has 4 rings (SSSR count). The number of hydrogen-bond acceptors (Lipinski definition) is 2. The smallest absolute Gasteiger partial charge is 0.328 e. The van der Waals surface area contributed by atoms with Crippen molar-refractivity contribution in [1.29, 1.82) is 0 Å². The van der Waals surface area contributed by atoms with Gasteiger partial charge in [0.1, 0.15) is 12.4 Å². The molecule has 0 atom stereocenters. The fourth-order valence-electron chi connectivity index (χ4n) is 3.19. The minimum absolute atomic E-state index is 0.477. The van der Waals surface area contributed by atoms with Gasteiger partial charge in [-0.1, -0.05) is 60.7 Å². The number of carbonyl (C=O) groups is 1. The highest BCUT2D eigenvalue weighted by Crippen LogP contribution is 2.45. The van der Waals surface area contributed by atoms with Crippen LogP contribution in [-0.2, 0) is 11.4 Å². The maximum Gasteiger partial charge on any atom is 0.328 e. The summed E-state index contributed by atoms with van der Waals surface area (Å²) in [6, 6.07) is 23.7. The normalized spacial score (nSPS) is 13.4. The van der Waals surface area contributed by atoms with Crippen molar-refractivity contribution in [3.8, 4) is 16.9 Å². The molecule has 0 aromatic heterocycles. The molecule has 0 unspecified atom stereocenters. The van der Waals surface area contributed by atoms with Crippen LogP contribution < -0.4 is 4.74 Å². The van der Waals surface area contributed by atoms with Crippen molar-refractivity contribution in [2.24, 2.45) is 0 Å². The third-order valence-corrected chi connectivity index (χ3v) is 4.30. The van der Waals surface area contributed by atoms with E-state index >= 15 is 0 Å². The van der Waals surface area contributed by atoms with Crippen molar-refractivity contribution in [1.82, 2.24) is 0 Å². The topological polar surface area (TPSA) is 46.5 Å². The quantitative estimate of drug-likeness (QED) is 0.549. The molecule has 3 aromatic carbocycles. The molecule has 1 N–H and O–H groups in total. The Morgan fingerprint density at radius 3 is 2.28 bits per heavy atom. The molecule has 0 bridgehead atoms. The Morgan fingerprint density at radius 2 is 1.52 bits per heavy atom. The summed E-state index contributed by atoms with van der Waals surface area (Å²) in [5, 5.41) is 9.24. The molecular formula is C22H16O3. The predicted molar refractivity (Wildman–Crippen MR) is 97.4 cm³/mol. The van der Waals surface area contributed by atoms with Gasteiger partial charge in [0, 0.05) is 6.08 Å². The van der Waals surface area contributed by atoms with Crippen LogP contribution in [0.2, 0.25) is 0 Å². The zero-order chi connectivity index (χ0) is 17.2. The fraction of sp³-hybridized carbons (Fsp3) is 0.0455. The van der Waals surface area contributed by atoms with E-state index < -0.39 is 5.97 Å². The third-order valence-electron chi connectivity index (χ3n) is 4.30. The molecule has 3 aromatic rings. The summed E-state index contributed by atoms with van der Waals surface area (Å²) in [6.45, 7) is 0.477. The van der Waals surface area contributed by atoms with Gasteiger partial charge in [0.05, 0.1) is 0 Å². The highest BCUT2D eigenvalue weighted by atomic mass is 16.5. The molecule has 3 heteroatoms. The average molecular weight is 328 g/mol. The molecule has 0 amide bonds. The monoisotopic (exact) mass is 328 g/mol. The Labute approximate surface area is 145 Å². The molecule has 0 saturated heterocycles. The molecule has 0 fully saturated rings. The van der Waals surface area contributed by atoms with Crippen LogP contribution >= 0.6 is 0 Å². The lowest BCUT2D eigenvalue weighted by atomic mass is 10.0. The van der Waals surface area contributed by atoms with Crippen LogP contribution in [0.15, 0.2) is 78.9 Å². The molecule has 0 radical (unpaired) electrons. The first-order valence-corrected chi connectivity index (χ1v) is 8.08. The molecule has 0 saturated carbocycles. The second kappa shape index (κ2) is 6.29. The first-order chi connectivity index (χ1) is 12.2. The zero-order valence-electron chi connectivity index (χ0n) is 13.5. The van der Waals surface area contributed by atoms with Gasteiger partial charge in [0.25, 0.3) is 0 Å². The first kappa shape index (κ1) is 15.2. The molecule has 0 aliphatic heterocycles. The van der Waals surface area contributed by atoms with E-state index in [9.17, 15) is 9.90 Å². The summed E-state index contributed by atoms with van der Waals surface area (Å²) >= 11 is 0. The number of fused-ring (bicyclic) bond motifs is 3. The van der Waals surface area contributed by atoms with Crippen LogP contribution in [0.1, 0.15) is 16.7 Å². The molecule has 3 nitrogen and oxygen atoms in total. The highest BCUT2D eigenvalue weighted by Gasteiger charge is 2.24. The predicted octanol–water partition coefficient (Wildman–Crippen LogP) is 4.76. The minimum atomic E-state index is -0.951. The van der Waals surface area contributed by atoms with E-state index in [1.165, 1.54) is 6.08 Å². The van der Waals surface area contributed by atoms with Gasteiger partial charge in [-0.05, 0) is 45.5 Å². The fourth-order valence-corrected chi connectivity index (χ4v) is 3.19. The van der Waals surface area contributed by atoms with Gasteiger partial charge in [-0.2, -0.15) is 0 Å². The molecule has 1 aliphatic rings. The minimum Gasteiger partial charge on any atom is -0.489 e. The van der Waals surface area contributed by atoms with Crippen molar-refractivity contribution in [3.63, 3.8) is 0 Å². The Morgan fingerprint density at radius 1 is 0.840 bits per heavy atom. The van der Waals surface area contributed by atoms with Crippen LogP contribution in [0.5, 0.6) is 5.75 Å².